The summed E-state index contributed by atoms with van der Waals surface area (Å²) in [5.74, 6) is 6.96. The summed E-state index contributed by atoms with van der Waals surface area (Å²) < 4.78 is 26.5. The molecule has 1 fully saturated rings. The van der Waals surface area contributed by atoms with Crippen molar-refractivity contribution >= 4 is 27.5 Å². The molecule has 7 heteroatoms. The minimum absolute atomic E-state index is 0.0426. The molecule has 0 saturated carbocycles. The Labute approximate surface area is 112 Å². The number of nitrogens with one attached hydrogen (secondary N) is 1. The van der Waals surface area contributed by atoms with E-state index in [0.29, 0.717) is 17.1 Å². The van der Waals surface area contributed by atoms with E-state index >= 15 is 0 Å². The maximum atomic E-state index is 12.5. The summed E-state index contributed by atoms with van der Waals surface area (Å²) in [6.07, 6.45) is 0. The highest BCUT2D eigenvalue weighted by atomic mass is 32.2. The van der Waals surface area contributed by atoms with Crippen LogP contribution in [0.2, 0.25) is 0 Å². The van der Waals surface area contributed by atoms with Crippen molar-refractivity contribution in [3.63, 3.8) is 0 Å². The van der Waals surface area contributed by atoms with E-state index in [9.17, 15) is 8.42 Å². The molecule has 100 valence electrons. The monoisotopic (exact) mass is 287 g/mol. The van der Waals surface area contributed by atoms with Gasteiger partial charge in [-0.25, -0.2) is 8.42 Å². The van der Waals surface area contributed by atoms with Crippen LogP contribution in [0.4, 0.5) is 5.69 Å². The Morgan fingerprint density at radius 2 is 2.06 bits per heavy atom. The molecule has 3 N–H and O–H groups in total. The number of thioether (sulfide) groups is 1. The quantitative estimate of drug-likeness (QED) is 0.643. The first-order valence-electron chi connectivity index (χ1n) is 5.72. The summed E-state index contributed by atoms with van der Waals surface area (Å²) in [5, 5.41) is 0. The van der Waals surface area contributed by atoms with E-state index in [2.05, 4.69) is 5.43 Å². The van der Waals surface area contributed by atoms with Gasteiger partial charge in [0.25, 0.3) is 0 Å². The normalized spacial score (nSPS) is 21.8. The molecule has 1 aliphatic rings. The van der Waals surface area contributed by atoms with Crippen LogP contribution in [0.5, 0.6) is 0 Å². The third kappa shape index (κ3) is 2.64. The minimum Gasteiger partial charge on any atom is -0.324 e. The lowest BCUT2D eigenvalue weighted by Crippen LogP contribution is -2.44. The predicted octanol–water partition coefficient (Wildman–Crippen LogP) is 1.10. The van der Waals surface area contributed by atoms with Gasteiger partial charge < -0.3 is 5.43 Å². The molecule has 0 radical (unpaired) electrons. The summed E-state index contributed by atoms with van der Waals surface area (Å²) in [6.45, 7) is 2.52. The molecule has 1 unspecified atom stereocenters. The van der Waals surface area contributed by atoms with Crippen molar-refractivity contribution in [3.8, 4) is 0 Å². The Morgan fingerprint density at radius 3 is 2.61 bits per heavy atom. The van der Waals surface area contributed by atoms with Gasteiger partial charge in [-0.05, 0) is 31.2 Å². The first-order valence-corrected chi connectivity index (χ1v) is 8.31. The number of rotatable bonds is 3. The summed E-state index contributed by atoms with van der Waals surface area (Å²) in [5.41, 5.74) is 3.17. The number of nitrogen functional groups attached to an aromatic ring is 1. The molecular formula is C11H17N3O2S2. The van der Waals surface area contributed by atoms with Crippen LogP contribution in [0, 0.1) is 0 Å². The van der Waals surface area contributed by atoms with E-state index in [1.54, 1.807) is 40.3 Å². The maximum Gasteiger partial charge on any atom is 0.243 e. The zero-order valence-electron chi connectivity index (χ0n) is 10.2. The zero-order chi connectivity index (χ0) is 13.2. The van der Waals surface area contributed by atoms with Gasteiger partial charge in [-0.1, -0.05) is 0 Å². The molecule has 18 heavy (non-hydrogen) atoms. The maximum absolute atomic E-state index is 12.5. The van der Waals surface area contributed by atoms with E-state index < -0.39 is 10.0 Å². The van der Waals surface area contributed by atoms with Gasteiger partial charge in [0.15, 0.2) is 0 Å². The molecular weight excluding hydrogens is 270 g/mol. The van der Waals surface area contributed by atoms with Crippen LogP contribution in [0.15, 0.2) is 29.2 Å². The first-order chi connectivity index (χ1) is 8.55. The third-order valence-electron chi connectivity index (χ3n) is 2.93. The lowest BCUT2D eigenvalue weighted by Gasteiger charge is -2.31. The second-order valence-corrected chi connectivity index (χ2v) is 7.25. The summed E-state index contributed by atoms with van der Waals surface area (Å²) in [4.78, 5) is 0.320. The van der Waals surface area contributed by atoms with Gasteiger partial charge in [0.05, 0.1) is 4.90 Å². The molecule has 0 spiro atoms. The van der Waals surface area contributed by atoms with Crippen LogP contribution in [-0.2, 0) is 10.0 Å². The van der Waals surface area contributed by atoms with Gasteiger partial charge in [0.2, 0.25) is 10.0 Å². The Balaban J connectivity index is 2.28. The van der Waals surface area contributed by atoms with Crippen LogP contribution in [0.1, 0.15) is 6.92 Å². The van der Waals surface area contributed by atoms with Gasteiger partial charge in [0, 0.05) is 29.8 Å². The Bertz CT molecular complexity index is 502. The Hall–Kier alpha value is -0.760. The average Bonchev–Trinajstić information content (AvgIpc) is 2.39. The number of benzene rings is 1. The fourth-order valence-electron chi connectivity index (χ4n) is 1.93. The van der Waals surface area contributed by atoms with Gasteiger partial charge in [0.1, 0.15) is 0 Å². The van der Waals surface area contributed by atoms with Crippen molar-refractivity contribution in [3.05, 3.63) is 24.3 Å². The topological polar surface area (TPSA) is 75.4 Å². The molecule has 1 aromatic rings. The molecule has 0 amide bonds. The SMILES string of the molecule is CC1CSCCN1S(=O)(=O)c1ccc(NN)cc1. The fraction of sp³-hybridized carbons (Fsp3) is 0.455. The van der Waals surface area contributed by atoms with Crippen LogP contribution in [-0.4, -0.2) is 36.8 Å². The molecule has 0 bridgehead atoms. The minimum atomic E-state index is -3.38. The smallest absolute Gasteiger partial charge is 0.243 e. The Kier molecular flexibility index (Phi) is 4.16. The molecule has 1 atom stereocenters. The highest BCUT2D eigenvalue weighted by molar-refractivity contribution is 7.99. The predicted molar refractivity (Wildman–Crippen MR) is 74.9 cm³/mol. The van der Waals surface area contributed by atoms with Crippen molar-refractivity contribution in [1.82, 2.24) is 4.31 Å². The van der Waals surface area contributed by atoms with Crippen molar-refractivity contribution < 1.29 is 8.42 Å². The average molecular weight is 287 g/mol. The van der Waals surface area contributed by atoms with Gasteiger partial charge >= 0.3 is 0 Å². The first kappa shape index (κ1) is 13.7. The number of anilines is 1. The molecule has 5 nitrogen and oxygen atoms in total. The van der Waals surface area contributed by atoms with Crippen molar-refractivity contribution in [1.29, 1.82) is 0 Å². The molecule has 1 heterocycles. The lowest BCUT2D eigenvalue weighted by molar-refractivity contribution is 0.367. The second kappa shape index (κ2) is 5.48. The number of nitrogens with two attached hydrogens (primary N) is 1. The van der Waals surface area contributed by atoms with E-state index in [1.807, 2.05) is 6.92 Å². The molecule has 0 aromatic heterocycles. The second-order valence-electron chi connectivity index (χ2n) is 4.21. The molecule has 2 rings (SSSR count). The summed E-state index contributed by atoms with van der Waals surface area (Å²) >= 11 is 1.79. The van der Waals surface area contributed by atoms with E-state index in [4.69, 9.17) is 5.84 Å². The van der Waals surface area contributed by atoms with Crippen molar-refractivity contribution in [2.24, 2.45) is 5.84 Å². The number of sulfonamides is 1. The number of hydrogen-bond acceptors (Lipinski definition) is 5. The largest absolute Gasteiger partial charge is 0.324 e. The Morgan fingerprint density at radius 1 is 1.39 bits per heavy atom. The zero-order valence-corrected chi connectivity index (χ0v) is 11.8. The molecule has 1 aliphatic heterocycles. The molecule has 1 saturated heterocycles. The van der Waals surface area contributed by atoms with E-state index in [1.165, 1.54) is 0 Å². The van der Waals surface area contributed by atoms with E-state index in [0.717, 1.165) is 11.5 Å². The van der Waals surface area contributed by atoms with Gasteiger partial charge in [-0.3, -0.25) is 5.84 Å². The van der Waals surface area contributed by atoms with E-state index in [-0.39, 0.29) is 6.04 Å². The highest BCUT2D eigenvalue weighted by Crippen LogP contribution is 2.25. The molecule has 1 aromatic carbocycles. The number of nitrogens with zero attached hydrogens (tertiary/aromatic N) is 1. The molecule has 0 aliphatic carbocycles. The van der Waals surface area contributed by atoms with Gasteiger partial charge in [-0.15, -0.1) is 0 Å². The van der Waals surface area contributed by atoms with Crippen molar-refractivity contribution in [2.75, 3.05) is 23.5 Å². The van der Waals surface area contributed by atoms with Crippen LogP contribution in [0.25, 0.3) is 0 Å². The number of hydrogen-bond donors (Lipinski definition) is 2. The highest BCUT2D eigenvalue weighted by Gasteiger charge is 2.30. The van der Waals surface area contributed by atoms with Crippen LogP contribution >= 0.6 is 11.8 Å². The summed E-state index contributed by atoms with van der Waals surface area (Å²) in [6, 6.07) is 6.53. The van der Waals surface area contributed by atoms with Crippen LogP contribution in [0.3, 0.4) is 0 Å². The number of hydrazine groups is 1. The lowest BCUT2D eigenvalue weighted by atomic mass is 10.3. The van der Waals surface area contributed by atoms with Crippen LogP contribution < -0.4 is 11.3 Å². The summed E-state index contributed by atoms with van der Waals surface area (Å²) in [7, 11) is -3.38. The van der Waals surface area contributed by atoms with Gasteiger partial charge in [-0.2, -0.15) is 16.1 Å². The standard InChI is InChI=1S/C11H17N3O2S2/c1-9-8-17-7-6-14(9)18(15,16)11-4-2-10(13-12)3-5-11/h2-5,9,13H,6-8,12H2,1H3. The fourth-order valence-corrected chi connectivity index (χ4v) is 4.78. The van der Waals surface area contributed by atoms with Crippen molar-refractivity contribution in [2.45, 2.75) is 17.9 Å². The third-order valence-corrected chi connectivity index (χ3v) is 6.15.